The van der Waals surface area contributed by atoms with Gasteiger partial charge in [-0.3, -0.25) is 14.5 Å². The normalized spacial score (nSPS) is 14.3. The first-order valence-corrected chi connectivity index (χ1v) is 11.9. The van der Waals surface area contributed by atoms with Gasteiger partial charge in [-0.25, -0.2) is 9.37 Å². The van der Waals surface area contributed by atoms with Crippen molar-refractivity contribution in [1.29, 1.82) is 0 Å². The van der Waals surface area contributed by atoms with E-state index in [1.165, 1.54) is 41.4 Å². The van der Waals surface area contributed by atoms with E-state index in [-0.39, 0.29) is 23.5 Å². The van der Waals surface area contributed by atoms with Crippen molar-refractivity contribution >= 4 is 40.0 Å². The number of thiazole rings is 1. The lowest BCUT2D eigenvalue weighted by Crippen LogP contribution is -2.38. The Hall–Kier alpha value is -3.32. The molecule has 2 aromatic carbocycles. The van der Waals surface area contributed by atoms with E-state index in [2.05, 4.69) is 11.9 Å². The monoisotopic (exact) mass is 463 g/mol. The minimum atomic E-state index is -0.499. The summed E-state index contributed by atoms with van der Waals surface area (Å²) in [4.78, 5) is 32.9. The van der Waals surface area contributed by atoms with Crippen LogP contribution >= 0.6 is 11.3 Å². The molecule has 170 valence electrons. The van der Waals surface area contributed by atoms with Gasteiger partial charge < -0.3 is 4.90 Å². The van der Waals surface area contributed by atoms with Crippen molar-refractivity contribution in [2.24, 2.45) is 5.92 Å². The molecule has 5 nitrogen and oxygen atoms in total. The molecule has 7 heteroatoms. The number of benzene rings is 2. The predicted molar refractivity (Wildman–Crippen MR) is 130 cm³/mol. The first-order chi connectivity index (χ1) is 15.9. The van der Waals surface area contributed by atoms with Gasteiger partial charge in [-0.1, -0.05) is 42.5 Å². The van der Waals surface area contributed by atoms with Crippen LogP contribution in [0.1, 0.15) is 37.9 Å². The van der Waals surface area contributed by atoms with E-state index in [0.717, 1.165) is 18.4 Å². The maximum atomic E-state index is 14.3. The first-order valence-electron chi connectivity index (χ1n) is 11.0. The molecule has 0 N–H and O–H groups in total. The highest BCUT2D eigenvalue weighted by atomic mass is 32.1. The number of amides is 2. The van der Waals surface area contributed by atoms with E-state index in [1.807, 2.05) is 35.2 Å². The third kappa shape index (κ3) is 5.54. The lowest BCUT2D eigenvalue weighted by atomic mass is 10.1. The molecule has 1 aliphatic rings. The molecule has 0 spiro atoms. The number of carbonyl (C=O) groups is 2. The molecule has 1 atom stereocenters. The van der Waals surface area contributed by atoms with Crippen molar-refractivity contribution in [2.45, 2.75) is 39.3 Å². The number of hydrogen-bond donors (Lipinski definition) is 0. The quantitative estimate of drug-likeness (QED) is 0.396. The molecule has 1 aromatic heterocycles. The van der Waals surface area contributed by atoms with Crippen LogP contribution in [0.4, 0.5) is 15.2 Å². The Labute approximate surface area is 197 Å². The van der Waals surface area contributed by atoms with Gasteiger partial charge >= 0.3 is 0 Å². The molecular formula is C26H26FN3O2S. The summed E-state index contributed by atoms with van der Waals surface area (Å²) >= 11 is 1.22. The lowest BCUT2D eigenvalue weighted by molar-refractivity contribution is -0.129. The minimum absolute atomic E-state index is 0.0784. The van der Waals surface area contributed by atoms with Gasteiger partial charge in [0.15, 0.2) is 5.13 Å². The Kier molecular flexibility index (Phi) is 6.99. The van der Waals surface area contributed by atoms with E-state index in [1.54, 1.807) is 23.6 Å². The van der Waals surface area contributed by atoms with E-state index in [4.69, 9.17) is 0 Å². The fourth-order valence-electron chi connectivity index (χ4n) is 3.78. The molecular weight excluding hydrogens is 437 g/mol. The summed E-state index contributed by atoms with van der Waals surface area (Å²) in [7, 11) is 0. The fourth-order valence-corrected chi connectivity index (χ4v) is 4.63. The van der Waals surface area contributed by atoms with Crippen LogP contribution in [0.25, 0.3) is 6.08 Å². The molecule has 1 aliphatic carbocycles. The number of hydrogen-bond acceptors (Lipinski definition) is 4. The summed E-state index contributed by atoms with van der Waals surface area (Å²) in [6.45, 7) is 4.02. The zero-order valence-corrected chi connectivity index (χ0v) is 19.5. The SMILES string of the molecule is CC(=O)N(c1nc(/C=C/C(=O)N(Cc2ccccc2)C(C)C2CC2)cs1)c1ccccc1F. The van der Waals surface area contributed by atoms with E-state index in [0.29, 0.717) is 23.3 Å². The van der Waals surface area contributed by atoms with Crippen LogP contribution in [0.2, 0.25) is 0 Å². The van der Waals surface area contributed by atoms with E-state index < -0.39 is 5.82 Å². The van der Waals surface area contributed by atoms with Crippen molar-refractivity contribution in [3.63, 3.8) is 0 Å². The van der Waals surface area contributed by atoms with Crippen molar-refractivity contribution < 1.29 is 14.0 Å². The Morgan fingerprint density at radius 3 is 2.52 bits per heavy atom. The van der Waals surface area contributed by atoms with Gasteiger partial charge in [-0.15, -0.1) is 11.3 Å². The molecule has 1 saturated carbocycles. The van der Waals surface area contributed by atoms with Crippen LogP contribution in [-0.4, -0.2) is 27.7 Å². The van der Waals surface area contributed by atoms with Gasteiger partial charge in [-0.05, 0) is 49.5 Å². The van der Waals surface area contributed by atoms with Gasteiger partial charge in [0.25, 0.3) is 0 Å². The Morgan fingerprint density at radius 1 is 1.15 bits per heavy atom. The Bertz CT molecular complexity index is 1160. The highest BCUT2D eigenvalue weighted by Crippen LogP contribution is 2.36. The topological polar surface area (TPSA) is 53.5 Å². The largest absolute Gasteiger partial charge is 0.332 e. The number of rotatable bonds is 8. The summed E-state index contributed by atoms with van der Waals surface area (Å²) < 4.78 is 14.3. The van der Waals surface area contributed by atoms with Crippen LogP contribution < -0.4 is 4.90 Å². The number of para-hydroxylation sites is 1. The van der Waals surface area contributed by atoms with Crippen molar-refractivity contribution in [1.82, 2.24) is 9.88 Å². The molecule has 3 aromatic rings. The number of aromatic nitrogens is 1. The zero-order chi connectivity index (χ0) is 23.4. The predicted octanol–water partition coefficient (Wildman–Crippen LogP) is 5.81. The van der Waals surface area contributed by atoms with Crippen LogP contribution in [0, 0.1) is 11.7 Å². The average Bonchev–Trinajstić information content (AvgIpc) is 3.56. The number of carbonyl (C=O) groups excluding carboxylic acids is 2. The van der Waals surface area contributed by atoms with Gasteiger partial charge in [0.2, 0.25) is 11.8 Å². The van der Waals surface area contributed by atoms with Crippen LogP contribution in [0.15, 0.2) is 66.1 Å². The highest BCUT2D eigenvalue weighted by Gasteiger charge is 2.33. The third-order valence-corrected chi connectivity index (χ3v) is 6.62. The molecule has 0 bridgehead atoms. The van der Waals surface area contributed by atoms with Gasteiger partial charge in [0.05, 0.1) is 11.4 Å². The Balaban J connectivity index is 1.52. The zero-order valence-electron chi connectivity index (χ0n) is 18.6. The van der Waals surface area contributed by atoms with Crippen LogP contribution in [0.5, 0.6) is 0 Å². The summed E-state index contributed by atoms with van der Waals surface area (Å²) in [5, 5.41) is 2.11. The summed E-state index contributed by atoms with van der Waals surface area (Å²) in [5.74, 6) is -0.374. The molecule has 33 heavy (non-hydrogen) atoms. The molecule has 1 unspecified atom stereocenters. The number of halogens is 1. The molecule has 0 aliphatic heterocycles. The maximum absolute atomic E-state index is 14.3. The molecule has 1 heterocycles. The minimum Gasteiger partial charge on any atom is -0.332 e. The molecule has 1 fully saturated rings. The van der Waals surface area contributed by atoms with Crippen LogP contribution in [0.3, 0.4) is 0 Å². The molecule has 2 amide bonds. The second kappa shape index (κ2) is 10.1. The van der Waals surface area contributed by atoms with Crippen LogP contribution in [-0.2, 0) is 16.1 Å². The van der Waals surface area contributed by atoms with Crippen molar-refractivity contribution in [2.75, 3.05) is 4.90 Å². The van der Waals surface area contributed by atoms with Crippen molar-refractivity contribution in [3.05, 3.63) is 83.1 Å². The standard InChI is InChI=1S/C26H26FN3O2S/c1-18(21-12-13-21)29(16-20-8-4-3-5-9-20)25(32)15-14-22-17-33-26(28-22)30(19(2)31)24-11-7-6-10-23(24)27/h3-11,14-15,17-18,21H,12-13,16H2,1-2H3/b15-14+. The summed E-state index contributed by atoms with van der Waals surface area (Å²) in [6.07, 6.45) is 5.48. The first kappa shape index (κ1) is 22.9. The lowest BCUT2D eigenvalue weighted by Gasteiger charge is -2.28. The molecule has 0 radical (unpaired) electrons. The van der Waals surface area contributed by atoms with Gasteiger partial charge in [-0.2, -0.15) is 0 Å². The van der Waals surface area contributed by atoms with E-state index in [9.17, 15) is 14.0 Å². The molecule has 4 rings (SSSR count). The van der Waals surface area contributed by atoms with E-state index >= 15 is 0 Å². The maximum Gasteiger partial charge on any atom is 0.247 e. The highest BCUT2D eigenvalue weighted by molar-refractivity contribution is 7.14. The van der Waals surface area contributed by atoms with Gasteiger partial charge in [0, 0.05) is 31.0 Å². The summed E-state index contributed by atoms with van der Waals surface area (Å²) in [5.41, 5.74) is 1.78. The number of nitrogens with zero attached hydrogens (tertiary/aromatic N) is 3. The molecule has 0 saturated heterocycles. The smallest absolute Gasteiger partial charge is 0.247 e. The summed E-state index contributed by atoms with van der Waals surface area (Å²) in [6, 6.07) is 16.2. The van der Waals surface area contributed by atoms with Crippen molar-refractivity contribution in [3.8, 4) is 0 Å². The second-order valence-corrected chi connectivity index (χ2v) is 9.06. The van der Waals surface area contributed by atoms with Gasteiger partial charge in [0.1, 0.15) is 5.82 Å². The third-order valence-electron chi connectivity index (χ3n) is 5.78. The second-order valence-electron chi connectivity index (χ2n) is 8.22. The Morgan fingerprint density at radius 2 is 1.85 bits per heavy atom. The fraction of sp³-hybridized carbons (Fsp3) is 0.269. The number of anilines is 2. The average molecular weight is 464 g/mol.